The number of hydrazine groups is 1. The zero-order valence-electron chi connectivity index (χ0n) is 12.8. The third-order valence-corrected chi connectivity index (χ3v) is 5.47. The molecule has 1 unspecified atom stereocenters. The van der Waals surface area contributed by atoms with E-state index in [1.54, 1.807) is 0 Å². The SMILES string of the molecule is CC(C)Cc1cccc(C(CSC2CCCC2)NN)c1. The summed E-state index contributed by atoms with van der Waals surface area (Å²) in [6.07, 6.45) is 6.72. The molecule has 0 amide bonds. The smallest absolute Gasteiger partial charge is 0.0550 e. The lowest BCUT2D eigenvalue weighted by Gasteiger charge is -2.19. The van der Waals surface area contributed by atoms with Crippen molar-refractivity contribution >= 4 is 11.8 Å². The number of nitrogens with two attached hydrogens (primary N) is 1. The van der Waals surface area contributed by atoms with Crippen LogP contribution < -0.4 is 11.3 Å². The molecule has 1 aliphatic carbocycles. The molecule has 112 valence electrons. The minimum atomic E-state index is 0.271. The van der Waals surface area contributed by atoms with Gasteiger partial charge >= 0.3 is 0 Å². The predicted molar refractivity (Wildman–Crippen MR) is 89.8 cm³/mol. The Bertz CT molecular complexity index is 400. The zero-order chi connectivity index (χ0) is 14.4. The average Bonchev–Trinajstić information content (AvgIpc) is 2.92. The number of nitrogens with one attached hydrogen (secondary N) is 1. The fourth-order valence-corrected chi connectivity index (χ4v) is 4.36. The first-order valence-corrected chi connectivity index (χ1v) is 8.90. The third-order valence-electron chi connectivity index (χ3n) is 4.00. The van der Waals surface area contributed by atoms with Gasteiger partial charge in [-0.05, 0) is 36.3 Å². The van der Waals surface area contributed by atoms with Gasteiger partial charge in [0.2, 0.25) is 0 Å². The lowest BCUT2D eigenvalue weighted by molar-refractivity contribution is 0.605. The number of hydrogen-bond donors (Lipinski definition) is 2. The van der Waals surface area contributed by atoms with Crippen LogP contribution in [0.1, 0.15) is 56.7 Å². The van der Waals surface area contributed by atoms with E-state index in [0.29, 0.717) is 5.92 Å². The molecule has 1 aromatic rings. The van der Waals surface area contributed by atoms with E-state index in [1.807, 2.05) is 0 Å². The Morgan fingerprint density at radius 3 is 2.70 bits per heavy atom. The maximum atomic E-state index is 5.78. The molecule has 0 spiro atoms. The highest BCUT2D eigenvalue weighted by atomic mass is 32.2. The van der Waals surface area contributed by atoms with Gasteiger partial charge in [0, 0.05) is 11.0 Å². The van der Waals surface area contributed by atoms with E-state index in [9.17, 15) is 0 Å². The summed E-state index contributed by atoms with van der Waals surface area (Å²) >= 11 is 2.09. The van der Waals surface area contributed by atoms with Crippen LogP contribution in [0.4, 0.5) is 0 Å². The van der Waals surface area contributed by atoms with Crippen LogP contribution in [-0.4, -0.2) is 11.0 Å². The van der Waals surface area contributed by atoms with Gasteiger partial charge in [0.05, 0.1) is 6.04 Å². The molecule has 1 atom stereocenters. The molecule has 0 saturated heterocycles. The van der Waals surface area contributed by atoms with Gasteiger partial charge in [-0.25, -0.2) is 0 Å². The van der Waals surface area contributed by atoms with E-state index in [2.05, 4.69) is 55.3 Å². The van der Waals surface area contributed by atoms with Gasteiger partial charge in [0.25, 0.3) is 0 Å². The van der Waals surface area contributed by atoms with Crippen molar-refractivity contribution in [3.8, 4) is 0 Å². The Kier molecular flexibility index (Phi) is 6.40. The Labute approximate surface area is 127 Å². The van der Waals surface area contributed by atoms with Crippen molar-refractivity contribution in [3.63, 3.8) is 0 Å². The number of benzene rings is 1. The van der Waals surface area contributed by atoms with Crippen LogP contribution >= 0.6 is 11.8 Å². The Morgan fingerprint density at radius 1 is 1.30 bits per heavy atom. The lowest BCUT2D eigenvalue weighted by Crippen LogP contribution is -2.30. The predicted octanol–water partition coefficient (Wildman–Crippen LogP) is 4.07. The molecule has 1 fully saturated rings. The Morgan fingerprint density at radius 2 is 2.05 bits per heavy atom. The molecule has 2 nitrogen and oxygen atoms in total. The van der Waals surface area contributed by atoms with E-state index >= 15 is 0 Å². The largest absolute Gasteiger partial charge is 0.271 e. The van der Waals surface area contributed by atoms with Crippen molar-refractivity contribution in [1.82, 2.24) is 5.43 Å². The Hall–Kier alpha value is -0.510. The Balaban J connectivity index is 1.95. The second kappa shape index (κ2) is 8.06. The molecule has 0 heterocycles. The van der Waals surface area contributed by atoms with E-state index in [4.69, 9.17) is 5.84 Å². The molecular weight excluding hydrogens is 264 g/mol. The topological polar surface area (TPSA) is 38.0 Å². The van der Waals surface area contributed by atoms with Gasteiger partial charge in [-0.2, -0.15) is 11.8 Å². The van der Waals surface area contributed by atoms with Crippen molar-refractivity contribution in [2.45, 2.75) is 57.2 Å². The molecule has 1 aliphatic rings. The summed E-state index contributed by atoms with van der Waals surface area (Å²) in [4.78, 5) is 0. The average molecular weight is 292 g/mol. The molecule has 2 rings (SSSR count). The highest BCUT2D eigenvalue weighted by Gasteiger charge is 2.18. The lowest BCUT2D eigenvalue weighted by atomic mass is 9.99. The van der Waals surface area contributed by atoms with Gasteiger partial charge in [0.1, 0.15) is 0 Å². The normalized spacial score (nSPS) is 17.8. The summed E-state index contributed by atoms with van der Waals surface area (Å²) in [7, 11) is 0. The monoisotopic (exact) mass is 292 g/mol. The summed E-state index contributed by atoms with van der Waals surface area (Å²) in [6.45, 7) is 4.53. The highest BCUT2D eigenvalue weighted by Crippen LogP contribution is 2.32. The zero-order valence-corrected chi connectivity index (χ0v) is 13.6. The van der Waals surface area contributed by atoms with Crippen LogP contribution in [-0.2, 0) is 6.42 Å². The summed E-state index contributed by atoms with van der Waals surface area (Å²) in [5.74, 6) is 7.55. The summed E-state index contributed by atoms with van der Waals surface area (Å²) < 4.78 is 0. The van der Waals surface area contributed by atoms with Crippen LogP contribution in [0.3, 0.4) is 0 Å². The van der Waals surface area contributed by atoms with E-state index < -0.39 is 0 Å². The van der Waals surface area contributed by atoms with Crippen molar-refractivity contribution in [3.05, 3.63) is 35.4 Å². The summed E-state index contributed by atoms with van der Waals surface area (Å²) in [5, 5.41) is 0.852. The van der Waals surface area contributed by atoms with Gasteiger partial charge in [0.15, 0.2) is 0 Å². The molecule has 20 heavy (non-hydrogen) atoms. The first-order valence-electron chi connectivity index (χ1n) is 7.85. The minimum Gasteiger partial charge on any atom is -0.271 e. The van der Waals surface area contributed by atoms with Crippen molar-refractivity contribution in [1.29, 1.82) is 0 Å². The molecule has 1 aromatic carbocycles. The first-order chi connectivity index (χ1) is 9.69. The van der Waals surface area contributed by atoms with Crippen LogP contribution in [0.2, 0.25) is 0 Å². The van der Waals surface area contributed by atoms with Crippen molar-refractivity contribution in [2.75, 3.05) is 5.75 Å². The number of hydrogen-bond acceptors (Lipinski definition) is 3. The van der Waals surface area contributed by atoms with Gasteiger partial charge < -0.3 is 0 Å². The van der Waals surface area contributed by atoms with Crippen molar-refractivity contribution in [2.24, 2.45) is 11.8 Å². The number of rotatable bonds is 7. The molecule has 0 aromatic heterocycles. The summed E-state index contributed by atoms with van der Waals surface area (Å²) in [6, 6.07) is 9.18. The van der Waals surface area contributed by atoms with E-state index in [0.717, 1.165) is 17.4 Å². The molecular formula is C17H28N2S. The number of thioether (sulfide) groups is 1. The molecule has 0 radical (unpaired) electrons. The van der Waals surface area contributed by atoms with Crippen molar-refractivity contribution < 1.29 is 0 Å². The fraction of sp³-hybridized carbons (Fsp3) is 0.647. The maximum absolute atomic E-state index is 5.78. The quantitative estimate of drug-likeness (QED) is 0.588. The second-order valence-electron chi connectivity index (χ2n) is 6.30. The van der Waals surface area contributed by atoms with Crippen LogP contribution in [0.15, 0.2) is 24.3 Å². The van der Waals surface area contributed by atoms with Gasteiger partial charge in [-0.1, -0.05) is 51.0 Å². The standard InChI is InChI=1S/C17H28N2S/c1-13(2)10-14-6-5-7-15(11-14)17(19-18)12-20-16-8-3-4-9-16/h5-7,11,13,16-17,19H,3-4,8-10,12,18H2,1-2H3. The molecule has 0 bridgehead atoms. The van der Waals surface area contributed by atoms with Crippen LogP contribution in [0.5, 0.6) is 0 Å². The minimum absolute atomic E-state index is 0.271. The molecule has 1 saturated carbocycles. The third kappa shape index (κ3) is 4.80. The van der Waals surface area contributed by atoms with Crippen LogP contribution in [0, 0.1) is 5.92 Å². The first kappa shape index (κ1) is 15.9. The summed E-state index contributed by atoms with van der Waals surface area (Å²) in [5.41, 5.74) is 5.75. The highest BCUT2D eigenvalue weighted by molar-refractivity contribution is 7.99. The molecule has 0 aliphatic heterocycles. The molecule has 3 heteroatoms. The molecule has 3 N–H and O–H groups in total. The van der Waals surface area contributed by atoms with Crippen LogP contribution in [0.25, 0.3) is 0 Å². The van der Waals surface area contributed by atoms with Gasteiger partial charge in [-0.15, -0.1) is 0 Å². The van der Waals surface area contributed by atoms with Gasteiger partial charge in [-0.3, -0.25) is 11.3 Å². The fourth-order valence-electron chi connectivity index (χ4n) is 2.94. The van der Waals surface area contributed by atoms with E-state index in [1.165, 1.54) is 36.8 Å². The second-order valence-corrected chi connectivity index (χ2v) is 7.64. The maximum Gasteiger partial charge on any atom is 0.0550 e. The van der Waals surface area contributed by atoms with E-state index in [-0.39, 0.29) is 6.04 Å².